The smallest absolute Gasteiger partial charge is 0.335 e. The molecule has 0 aliphatic carbocycles. The standard InChI is InChI=1S/C15H17NO5/c17-14(13-9-20-5-6-21-13)16-4-3-10-1-2-11(15(18)19)7-12(10)8-16/h1-2,7,13H,3-6,8-9H2,(H,18,19). The highest BCUT2D eigenvalue weighted by molar-refractivity contribution is 5.88. The van der Waals surface area contributed by atoms with Gasteiger partial charge in [0.15, 0.2) is 6.10 Å². The minimum atomic E-state index is -0.953. The Morgan fingerprint density at radius 2 is 2.10 bits per heavy atom. The number of hydrogen-bond donors (Lipinski definition) is 1. The quantitative estimate of drug-likeness (QED) is 0.867. The lowest BCUT2D eigenvalue weighted by molar-refractivity contribution is -0.158. The van der Waals surface area contributed by atoms with E-state index in [9.17, 15) is 9.59 Å². The van der Waals surface area contributed by atoms with E-state index in [4.69, 9.17) is 14.6 Å². The van der Waals surface area contributed by atoms with Crippen LogP contribution in [0.2, 0.25) is 0 Å². The van der Waals surface area contributed by atoms with Crippen LogP contribution in [0.3, 0.4) is 0 Å². The molecule has 1 aromatic carbocycles. The molecule has 1 atom stereocenters. The summed E-state index contributed by atoms with van der Waals surface area (Å²) >= 11 is 0. The summed E-state index contributed by atoms with van der Waals surface area (Å²) < 4.78 is 10.7. The van der Waals surface area contributed by atoms with Crippen molar-refractivity contribution in [3.05, 3.63) is 34.9 Å². The normalized spacial score (nSPS) is 21.7. The fourth-order valence-corrected chi connectivity index (χ4v) is 2.71. The van der Waals surface area contributed by atoms with Gasteiger partial charge in [-0.2, -0.15) is 0 Å². The first-order valence-corrected chi connectivity index (χ1v) is 6.98. The van der Waals surface area contributed by atoms with Crippen molar-refractivity contribution in [3.8, 4) is 0 Å². The zero-order chi connectivity index (χ0) is 14.8. The summed E-state index contributed by atoms with van der Waals surface area (Å²) in [5.41, 5.74) is 2.25. The van der Waals surface area contributed by atoms with Gasteiger partial charge in [0.25, 0.3) is 5.91 Å². The van der Waals surface area contributed by atoms with Crippen molar-refractivity contribution in [1.29, 1.82) is 0 Å². The van der Waals surface area contributed by atoms with Gasteiger partial charge in [-0.25, -0.2) is 4.79 Å². The molecular weight excluding hydrogens is 274 g/mol. The third kappa shape index (κ3) is 2.91. The number of hydrogen-bond acceptors (Lipinski definition) is 4. The predicted molar refractivity (Wildman–Crippen MR) is 73.1 cm³/mol. The summed E-state index contributed by atoms with van der Waals surface area (Å²) in [7, 11) is 0. The van der Waals surface area contributed by atoms with Crippen LogP contribution >= 0.6 is 0 Å². The number of fused-ring (bicyclic) bond motifs is 1. The first-order chi connectivity index (χ1) is 10.1. The van der Waals surface area contributed by atoms with Gasteiger partial charge in [0, 0.05) is 13.1 Å². The molecular formula is C15H17NO5. The molecule has 1 aromatic rings. The summed E-state index contributed by atoms with van der Waals surface area (Å²) in [6.07, 6.45) is 0.192. The van der Waals surface area contributed by atoms with Gasteiger partial charge in [-0.3, -0.25) is 4.79 Å². The molecule has 2 aliphatic rings. The number of nitrogens with zero attached hydrogens (tertiary/aromatic N) is 1. The van der Waals surface area contributed by atoms with Crippen LogP contribution in [-0.4, -0.2) is 54.4 Å². The summed E-state index contributed by atoms with van der Waals surface area (Å²) in [4.78, 5) is 25.1. The Balaban J connectivity index is 1.75. The Labute approximate surface area is 122 Å². The van der Waals surface area contributed by atoms with E-state index >= 15 is 0 Å². The minimum Gasteiger partial charge on any atom is -0.478 e. The number of amides is 1. The van der Waals surface area contributed by atoms with E-state index in [0.29, 0.717) is 26.3 Å². The number of carbonyl (C=O) groups is 2. The number of benzene rings is 1. The van der Waals surface area contributed by atoms with E-state index in [1.807, 2.05) is 6.07 Å². The Hall–Kier alpha value is -1.92. The SMILES string of the molecule is O=C(O)c1ccc2c(c1)CN(C(=O)C1COCCO1)CC2. The Kier molecular flexibility index (Phi) is 3.90. The van der Waals surface area contributed by atoms with Gasteiger partial charge in [0.2, 0.25) is 0 Å². The monoisotopic (exact) mass is 291 g/mol. The van der Waals surface area contributed by atoms with Crippen LogP contribution in [0.5, 0.6) is 0 Å². The summed E-state index contributed by atoms with van der Waals surface area (Å²) in [6, 6.07) is 5.09. The van der Waals surface area contributed by atoms with Crippen LogP contribution in [0.25, 0.3) is 0 Å². The first-order valence-electron chi connectivity index (χ1n) is 6.98. The number of aromatic carboxylic acids is 1. The molecule has 112 valence electrons. The van der Waals surface area contributed by atoms with Crippen LogP contribution in [0.1, 0.15) is 21.5 Å². The van der Waals surface area contributed by atoms with Crippen LogP contribution in [0.15, 0.2) is 18.2 Å². The third-order valence-corrected chi connectivity index (χ3v) is 3.87. The van der Waals surface area contributed by atoms with Crippen molar-refractivity contribution in [2.75, 3.05) is 26.4 Å². The maximum Gasteiger partial charge on any atom is 0.335 e. The van der Waals surface area contributed by atoms with Crippen LogP contribution < -0.4 is 0 Å². The van der Waals surface area contributed by atoms with Crippen molar-refractivity contribution in [3.63, 3.8) is 0 Å². The van der Waals surface area contributed by atoms with Crippen LogP contribution in [0, 0.1) is 0 Å². The van der Waals surface area contributed by atoms with E-state index in [1.54, 1.807) is 17.0 Å². The highest BCUT2D eigenvalue weighted by atomic mass is 16.6. The van der Waals surface area contributed by atoms with Crippen molar-refractivity contribution >= 4 is 11.9 Å². The second-order valence-electron chi connectivity index (χ2n) is 5.23. The van der Waals surface area contributed by atoms with Gasteiger partial charge in [-0.05, 0) is 29.7 Å². The molecule has 1 fully saturated rings. The molecule has 6 nitrogen and oxygen atoms in total. The largest absolute Gasteiger partial charge is 0.478 e. The molecule has 1 amide bonds. The Morgan fingerprint density at radius 3 is 2.81 bits per heavy atom. The Morgan fingerprint density at radius 1 is 1.24 bits per heavy atom. The van der Waals surface area contributed by atoms with Crippen molar-refractivity contribution in [2.45, 2.75) is 19.1 Å². The van der Waals surface area contributed by atoms with Crippen LogP contribution in [0.4, 0.5) is 0 Å². The maximum absolute atomic E-state index is 12.4. The molecule has 1 N–H and O–H groups in total. The lowest BCUT2D eigenvalue weighted by atomic mass is 9.97. The molecule has 3 rings (SSSR count). The number of carbonyl (C=O) groups excluding carboxylic acids is 1. The van der Waals surface area contributed by atoms with Crippen molar-refractivity contribution in [1.82, 2.24) is 4.90 Å². The molecule has 2 aliphatic heterocycles. The van der Waals surface area contributed by atoms with E-state index < -0.39 is 12.1 Å². The minimum absolute atomic E-state index is 0.0823. The highest BCUT2D eigenvalue weighted by Gasteiger charge is 2.29. The highest BCUT2D eigenvalue weighted by Crippen LogP contribution is 2.22. The van der Waals surface area contributed by atoms with Gasteiger partial charge in [-0.15, -0.1) is 0 Å². The Bertz CT molecular complexity index is 565. The van der Waals surface area contributed by atoms with E-state index in [-0.39, 0.29) is 18.1 Å². The molecule has 1 saturated heterocycles. The summed E-state index contributed by atoms with van der Waals surface area (Å²) in [5, 5.41) is 9.05. The second-order valence-corrected chi connectivity index (χ2v) is 5.23. The fraction of sp³-hybridized carbons (Fsp3) is 0.467. The molecule has 0 saturated carbocycles. The molecule has 6 heteroatoms. The number of ether oxygens (including phenoxy) is 2. The van der Waals surface area contributed by atoms with Gasteiger partial charge < -0.3 is 19.5 Å². The van der Waals surface area contributed by atoms with Crippen molar-refractivity contribution < 1.29 is 24.2 Å². The van der Waals surface area contributed by atoms with E-state index in [2.05, 4.69) is 0 Å². The maximum atomic E-state index is 12.4. The average Bonchev–Trinajstić information content (AvgIpc) is 2.54. The fourth-order valence-electron chi connectivity index (χ4n) is 2.71. The third-order valence-electron chi connectivity index (χ3n) is 3.87. The topological polar surface area (TPSA) is 76.1 Å². The zero-order valence-corrected chi connectivity index (χ0v) is 11.6. The lowest BCUT2D eigenvalue weighted by Gasteiger charge is -2.33. The molecule has 0 spiro atoms. The summed E-state index contributed by atoms with van der Waals surface area (Å²) in [5.74, 6) is -1.04. The molecule has 2 heterocycles. The van der Waals surface area contributed by atoms with Gasteiger partial charge in [0.1, 0.15) is 0 Å². The zero-order valence-electron chi connectivity index (χ0n) is 11.6. The van der Waals surface area contributed by atoms with E-state index in [0.717, 1.165) is 17.5 Å². The number of carboxylic acids is 1. The predicted octanol–water partition coefficient (Wildman–Crippen LogP) is 0.685. The lowest BCUT2D eigenvalue weighted by Crippen LogP contribution is -2.47. The van der Waals surface area contributed by atoms with Crippen molar-refractivity contribution in [2.24, 2.45) is 0 Å². The number of rotatable bonds is 2. The second kappa shape index (κ2) is 5.83. The number of carboxylic acid groups (broad SMARTS) is 1. The molecule has 0 aromatic heterocycles. The molecule has 21 heavy (non-hydrogen) atoms. The van der Waals surface area contributed by atoms with Gasteiger partial charge >= 0.3 is 5.97 Å². The molecule has 0 radical (unpaired) electrons. The van der Waals surface area contributed by atoms with Gasteiger partial charge in [0.05, 0.1) is 25.4 Å². The first kappa shape index (κ1) is 14.0. The molecule has 0 bridgehead atoms. The molecule has 1 unspecified atom stereocenters. The van der Waals surface area contributed by atoms with E-state index in [1.165, 1.54) is 0 Å². The van der Waals surface area contributed by atoms with Crippen LogP contribution in [-0.2, 0) is 27.2 Å². The average molecular weight is 291 g/mol. The van der Waals surface area contributed by atoms with Gasteiger partial charge in [-0.1, -0.05) is 6.07 Å². The summed E-state index contributed by atoms with van der Waals surface area (Å²) in [6.45, 7) is 2.29.